The Morgan fingerprint density at radius 1 is 1.43 bits per heavy atom. The van der Waals surface area contributed by atoms with Crippen molar-refractivity contribution in [3.05, 3.63) is 34.1 Å². The van der Waals surface area contributed by atoms with Crippen molar-refractivity contribution in [1.29, 1.82) is 0 Å². The van der Waals surface area contributed by atoms with Gasteiger partial charge in [-0.15, -0.1) is 0 Å². The van der Waals surface area contributed by atoms with Gasteiger partial charge in [-0.25, -0.2) is 4.79 Å². The van der Waals surface area contributed by atoms with Gasteiger partial charge in [-0.05, 0) is 26.8 Å². The molecule has 0 aliphatic heterocycles. The molecule has 0 saturated heterocycles. The number of nitro groups is 1. The molecule has 21 heavy (non-hydrogen) atoms. The predicted octanol–water partition coefficient (Wildman–Crippen LogP) is 2.64. The van der Waals surface area contributed by atoms with Gasteiger partial charge in [-0.2, -0.15) is 4.39 Å². The van der Waals surface area contributed by atoms with Crippen LogP contribution >= 0.6 is 0 Å². The topological polar surface area (TPSA) is 90.7 Å². The number of ether oxygens (including phenoxy) is 2. The lowest BCUT2D eigenvalue weighted by Crippen LogP contribution is -2.34. The monoisotopic (exact) mass is 300 g/mol. The van der Waals surface area contributed by atoms with E-state index in [1.54, 1.807) is 20.8 Å². The summed E-state index contributed by atoms with van der Waals surface area (Å²) in [4.78, 5) is 20.9. The van der Waals surface area contributed by atoms with Gasteiger partial charge in [0.15, 0.2) is 0 Å². The Balaban J connectivity index is 2.38. The summed E-state index contributed by atoms with van der Waals surface area (Å²) in [6, 6.07) is 3.23. The molecule has 0 unspecified atom stereocenters. The minimum Gasteiger partial charge on any atom is -0.492 e. The van der Waals surface area contributed by atoms with E-state index in [1.165, 1.54) is 6.07 Å². The molecule has 0 bridgehead atoms. The van der Waals surface area contributed by atoms with Crippen molar-refractivity contribution < 1.29 is 23.6 Å². The van der Waals surface area contributed by atoms with E-state index in [1.807, 2.05) is 0 Å². The van der Waals surface area contributed by atoms with E-state index in [2.05, 4.69) is 5.32 Å². The van der Waals surface area contributed by atoms with Crippen molar-refractivity contribution in [3.63, 3.8) is 0 Å². The van der Waals surface area contributed by atoms with Gasteiger partial charge in [0.1, 0.15) is 18.0 Å². The number of halogens is 1. The lowest BCUT2D eigenvalue weighted by molar-refractivity contribution is -0.387. The van der Waals surface area contributed by atoms with Gasteiger partial charge in [-0.1, -0.05) is 0 Å². The van der Waals surface area contributed by atoms with E-state index in [-0.39, 0.29) is 18.9 Å². The molecule has 0 aromatic heterocycles. The van der Waals surface area contributed by atoms with E-state index < -0.39 is 28.1 Å². The molecule has 0 radical (unpaired) electrons. The molecule has 116 valence electrons. The van der Waals surface area contributed by atoms with Gasteiger partial charge in [0.25, 0.3) is 0 Å². The fourth-order valence-electron chi connectivity index (χ4n) is 1.36. The molecule has 1 amide bonds. The highest BCUT2D eigenvalue weighted by molar-refractivity contribution is 5.67. The zero-order valence-corrected chi connectivity index (χ0v) is 12.0. The highest BCUT2D eigenvalue weighted by Gasteiger charge is 2.16. The molecule has 0 atom stereocenters. The maximum Gasteiger partial charge on any atom is 0.407 e. The lowest BCUT2D eigenvalue weighted by atomic mass is 10.2. The van der Waals surface area contributed by atoms with Crippen molar-refractivity contribution in [3.8, 4) is 5.75 Å². The molecule has 8 heteroatoms. The van der Waals surface area contributed by atoms with Crippen LogP contribution in [0.3, 0.4) is 0 Å². The first-order valence-electron chi connectivity index (χ1n) is 6.22. The summed E-state index contributed by atoms with van der Waals surface area (Å²) >= 11 is 0. The fraction of sp³-hybridized carbons (Fsp3) is 0.462. The maximum atomic E-state index is 13.3. The molecule has 0 aliphatic carbocycles. The Bertz CT molecular complexity index is 528. The average Bonchev–Trinajstić information content (AvgIpc) is 2.32. The predicted molar refractivity (Wildman–Crippen MR) is 72.8 cm³/mol. The number of nitrogens with zero attached hydrogens (tertiary/aromatic N) is 1. The van der Waals surface area contributed by atoms with E-state index in [4.69, 9.17) is 9.47 Å². The Morgan fingerprint density at radius 3 is 2.62 bits per heavy atom. The van der Waals surface area contributed by atoms with E-state index in [9.17, 15) is 19.3 Å². The second-order valence-electron chi connectivity index (χ2n) is 5.15. The fourth-order valence-corrected chi connectivity index (χ4v) is 1.36. The molecule has 0 saturated carbocycles. The second kappa shape index (κ2) is 6.87. The van der Waals surface area contributed by atoms with Gasteiger partial charge >= 0.3 is 11.8 Å². The Morgan fingerprint density at radius 2 is 2.10 bits per heavy atom. The molecule has 1 aromatic carbocycles. The number of hydrogen-bond donors (Lipinski definition) is 1. The van der Waals surface area contributed by atoms with Crippen LogP contribution in [0.5, 0.6) is 5.75 Å². The molecule has 7 nitrogen and oxygen atoms in total. The number of nitro benzene ring substituents is 1. The summed E-state index contributed by atoms with van der Waals surface area (Å²) in [5.41, 5.74) is -1.21. The molecule has 1 aromatic rings. The van der Waals surface area contributed by atoms with Gasteiger partial charge in [0.05, 0.1) is 11.5 Å². The molecule has 0 aliphatic rings. The Labute approximate surface area is 121 Å². The van der Waals surface area contributed by atoms with E-state index in [0.717, 1.165) is 12.1 Å². The molecule has 0 spiro atoms. The zero-order chi connectivity index (χ0) is 16.0. The van der Waals surface area contributed by atoms with E-state index in [0.29, 0.717) is 0 Å². The molecule has 0 fully saturated rings. The number of nitrogens with one attached hydrogen (secondary N) is 1. The Kier molecular flexibility index (Phi) is 5.45. The number of benzene rings is 1. The van der Waals surface area contributed by atoms with Crippen molar-refractivity contribution in [1.82, 2.24) is 5.32 Å². The molecular weight excluding hydrogens is 283 g/mol. The number of alkyl carbamates (subject to hydrolysis) is 1. The normalized spacial score (nSPS) is 10.9. The highest BCUT2D eigenvalue weighted by Crippen LogP contribution is 2.22. The summed E-state index contributed by atoms with van der Waals surface area (Å²) < 4.78 is 23.5. The first-order valence-corrected chi connectivity index (χ1v) is 6.22. The molecule has 1 rings (SSSR count). The third-order valence-corrected chi connectivity index (χ3v) is 2.15. The first-order chi connectivity index (χ1) is 9.69. The molecular formula is C13H17FN2O5. The van der Waals surface area contributed by atoms with E-state index >= 15 is 0 Å². The second-order valence-corrected chi connectivity index (χ2v) is 5.15. The smallest absolute Gasteiger partial charge is 0.407 e. The van der Waals surface area contributed by atoms with Gasteiger partial charge in [-0.3, -0.25) is 10.1 Å². The number of carbonyl (C=O) groups excluding carboxylic acids is 1. The van der Waals surface area contributed by atoms with Crippen molar-refractivity contribution in [2.75, 3.05) is 13.2 Å². The molecule has 1 N–H and O–H groups in total. The third-order valence-electron chi connectivity index (χ3n) is 2.15. The van der Waals surface area contributed by atoms with Crippen molar-refractivity contribution in [2.24, 2.45) is 0 Å². The minimum atomic E-state index is -0.974. The molecule has 0 heterocycles. The largest absolute Gasteiger partial charge is 0.492 e. The van der Waals surface area contributed by atoms with Crippen LogP contribution in [0.2, 0.25) is 0 Å². The summed E-state index contributed by atoms with van der Waals surface area (Å²) in [7, 11) is 0. The van der Waals surface area contributed by atoms with Crippen LogP contribution in [0.15, 0.2) is 18.2 Å². The summed E-state index contributed by atoms with van der Waals surface area (Å²) in [5.74, 6) is -0.832. The van der Waals surface area contributed by atoms with Crippen molar-refractivity contribution in [2.45, 2.75) is 26.4 Å². The van der Waals surface area contributed by atoms with Crippen molar-refractivity contribution >= 4 is 11.8 Å². The Hall–Kier alpha value is -2.38. The zero-order valence-electron chi connectivity index (χ0n) is 12.0. The lowest BCUT2D eigenvalue weighted by Gasteiger charge is -2.19. The van der Waals surface area contributed by atoms with Crippen LogP contribution in [0.4, 0.5) is 14.9 Å². The summed E-state index contributed by atoms with van der Waals surface area (Å²) in [6.07, 6.45) is -0.582. The summed E-state index contributed by atoms with van der Waals surface area (Å²) in [5, 5.41) is 12.9. The number of rotatable bonds is 5. The van der Waals surface area contributed by atoms with Gasteiger partial charge in [0, 0.05) is 12.1 Å². The number of hydrogen-bond acceptors (Lipinski definition) is 5. The SMILES string of the molecule is CC(C)(C)OC(=O)NCCOc1ccc([N+](=O)[O-])c(F)c1. The van der Waals surface area contributed by atoms with Crippen LogP contribution in [-0.4, -0.2) is 29.8 Å². The highest BCUT2D eigenvalue weighted by atomic mass is 19.1. The van der Waals surface area contributed by atoms with Gasteiger partial charge in [0.2, 0.25) is 5.82 Å². The third kappa shape index (κ3) is 6.07. The van der Waals surface area contributed by atoms with Crippen LogP contribution in [-0.2, 0) is 4.74 Å². The maximum absolute atomic E-state index is 13.3. The van der Waals surface area contributed by atoms with Crippen LogP contribution in [0.25, 0.3) is 0 Å². The van der Waals surface area contributed by atoms with Gasteiger partial charge < -0.3 is 14.8 Å². The quantitative estimate of drug-likeness (QED) is 0.513. The average molecular weight is 300 g/mol. The first kappa shape index (κ1) is 16.7. The van der Waals surface area contributed by atoms with Crippen LogP contribution in [0, 0.1) is 15.9 Å². The minimum absolute atomic E-state index is 0.0799. The number of amides is 1. The standard InChI is InChI=1S/C13H17FN2O5/c1-13(2,3)21-12(17)15-6-7-20-9-4-5-11(16(18)19)10(14)8-9/h4-5,8H,6-7H2,1-3H3,(H,15,17). The van der Waals surface area contributed by atoms with Crippen LogP contribution in [0.1, 0.15) is 20.8 Å². The summed E-state index contributed by atoms with van der Waals surface area (Å²) in [6.45, 7) is 5.46. The number of carbonyl (C=O) groups is 1. The van der Waals surface area contributed by atoms with Crippen LogP contribution < -0.4 is 10.1 Å².